The topological polar surface area (TPSA) is 57.6 Å². The Hall–Kier alpha value is -1.07. The Kier molecular flexibility index (Phi) is 4.76. The van der Waals surface area contributed by atoms with Gasteiger partial charge in [-0.3, -0.25) is 4.55 Å². The van der Waals surface area contributed by atoms with Gasteiger partial charge < -0.3 is 4.90 Å². The Balaban J connectivity index is 3.24. The van der Waals surface area contributed by atoms with E-state index in [2.05, 4.69) is 0 Å². The predicted octanol–water partition coefficient (Wildman–Crippen LogP) is 2.75. The van der Waals surface area contributed by atoms with E-state index >= 15 is 0 Å². The lowest BCUT2D eigenvalue weighted by Gasteiger charge is -2.30. The van der Waals surface area contributed by atoms with Crippen LogP contribution in [-0.4, -0.2) is 24.9 Å². The highest BCUT2D eigenvalue weighted by Crippen LogP contribution is 2.23. The van der Waals surface area contributed by atoms with Crippen LogP contribution in [0.15, 0.2) is 18.2 Å². The number of anilines is 1. The van der Waals surface area contributed by atoms with E-state index in [4.69, 9.17) is 0 Å². The average molecular weight is 271 g/mol. The maximum atomic E-state index is 11.4. The molecule has 18 heavy (non-hydrogen) atoms. The molecular weight excluding hydrogens is 250 g/mol. The zero-order valence-corrected chi connectivity index (χ0v) is 12.2. The molecule has 102 valence electrons. The Bertz CT molecular complexity index is 491. The molecule has 0 aliphatic rings. The molecule has 0 fully saturated rings. The van der Waals surface area contributed by atoms with Crippen molar-refractivity contribution in [3.05, 3.63) is 29.3 Å². The van der Waals surface area contributed by atoms with Crippen LogP contribution in [0.4, 0.5) is 5.69 Å². The normalized spacial score (nSPS) is 13.4. The molecule has 1 unspecified atom stereocenters. The first-order chi connectivity index (χ1) is 8.29. The molecule has 0 heterocycles. The molecule has 0 amide bonds. The molecule has 0 spiro atoms. The molecule has 1 N–H and O–H groups in total. The third-order valence-corrected chi connectivity index (χ3v) is 4.19. The predicted molar refractivity (Wildman–Crippen MR) is 74.6 cm³/mol. The maximum absolute atomic E-state index is 11.4. The van der Waals surface area contributed by atoms with Gasteiger partial charge in [0.2, 0.25) is 0 Å². The summed E-state index contributed by atoms with van der Waals surface area (Å²) < 4.78 is 32.1. The Morgan fingerprint density at radius 2 is 1.67 bits per heavy atom. The van der Waals surface area contributed by atoms with E-state index in [1.807, 2.05) is 39.0 Å². The second kappa shape index (κ2) is 5.71. The number of benzene rings is 1. The van der Waals surface area contributed by atoms with Crippen LogP contribution in [-0.2, 0) is 10.1 Å². The van der Waals surface area contributed by atoms with Gasteiger partial charge in [-0.2, -0.15) is 8.42 Å². The number of hydrogen-bond donors (Lipinski definition) is 1. The van der Waals surface area contributed by atoms with Gasteiger partial charge in [0, 0.05) is 12.2 Å². The van der Waals surface area contributed by atoms with E-state index in [1.165, 1.54) is 0 Å². The van der Waals surface area contributed by atoms with Crippen molar-refractivity contribution in [3.63, 3.8) is 0 Å². The Morgan fingerprint density at radius 3 is 2.00 bits per heavy atom. The third kappa shape index (κ3) is 3.46. The Labute approximate surface area is 109 Å². The highest BCUT2D eigenvalue weighted by molar-refractivity contribution is 7.86. The second-order valence-corrected chi connectivity index (χ2v) is 6.08. The lowest BCUT2D eigenvalue weighted by atomic mass is 10.1. The molecule has 1 aromatic rings. The summed E-state index contributed by atoms with van der Waals surface area (Å²) in [4.78, 5) is 1.72. The fourth-order valence-corrected chi connectivity index (χ4v) is 3.27. The van der Waals surface area contributed by atoms with E-state index < -0.39 is 15.5 Å². The largest absolute Gasteiger partial charge is 0.353 e. The van der Waals surface area contributed by atoms with Crippen LogP contribution < -0.4 is 4.90 Å². The smallest absolute Gasteiger partial charge is 0.286 e. The van der Waals surface area contributed by atoms with E-state index in [1.54, 1.807) is 11.8 Å². The minimum atomic E-state index is -4.07. The van der Waals surface area contributed by atoms with Gasteiger partial charge in [0.15, 0.2) is 5.37 Å². The fraction of sp³-hybridized carbons (Fsp3) is 0.538. The minimum absolute atomic E-state index is 0.347. The molecular formula is C13H21NO3S. The summed E-state index contributed by atoms with van der Waals surface area (Å²) in [6.45, 7) is 8.11. The van der Waals surface area contributed by atoms with Gasteiger partial charge in [0.05, 0.1) is 0 Å². The first-order valence-electron chi connectivity index (χ1n) is 6.10. The van der Waals surface area contributed by atoms with Gasteiger partial charge >= 0.3 is 0 Å². The van der Waals surface area contributed by atoms with Gasteiger partial charge in [0.25, 0.3) is 10.1 Å². The van der Waals surface area contributed by atoms with Crippen LogP contribution in [0.25, 0.3) is 0 Å². The molecule has 0 bridgehead atoms. The minimum Gasteiger partial charge on any atom is -0.353 e. The van der Waals surface area contributed by atoms with E-state index in [0.717, 1.165) is 16.8 Å². The molecule has 0 aliphatic carbocycles. The maximum Gasteiger partial charge on any atom is 0.286 e. The van der Waals surface area contributed by atoms with Crippen molar-refractivity contribution >= 4 is 15.8 Å². The summed E-state index contributed by atoms with van der Waals surface area (Å²) in [5.41, 5.74) is 2.99. The Morgan fingerprint density at radius 1 is 1.17 bits per heavy atom. The fourth-order valence-electron chi connectivity index (χ4n) is 2.26. The molecule has 0 radical (unpaired) electrons. The summed E-state index contributed by atoms with van der Waals surface area (Å²) in [7, 11) is -4.07. The lowest BCUT2D eigenvalue weighted by molar-refractivity contribution is 0.460. The summed E-state index contributed by atoms with van der Waals surface area (Å²) in [5.74, 6) is 0. The van der Waals surface area contributed by atoms with Gasteiger partial charge in [-0.1, -0.05) is 13.0 Å². The number of aryl methyl sites for hydroxylation is 2. The van der Waals surface area contributed by atoms with E-state index in [-0.39, 0.29) is 0 Å². The molecule has 0 saturated carbocycles. The number of rotatable bonds is 5. The van der Waals surface area contributed by atoms with Gasteiger partial charge in [-0.15, -0.1) is 0 Å². The standard InChI is InChI=1S/C13H21NO3S/c1-5-13(18(15,16)17)14(6-2)12-8-10(3)7-11(4)9-12/h7-9,13H,5-6H2,1-4H3,(H,15,16,17). The highest BCUT2D eigenvalue weighted by atomic mass is 32.2. The monoisotopic (exact) mass is 271 g/mol. The molecule has 5 heteroatoms. The molecule has 0 saturated heterocycles. The van der Waals surface area contributed by atoms with Crippen LogP contribution in [0.2, 0.25) is 0 Å². The average Bonchev–Trinajstić information content (AvgIpc) is 2.22. The zero-order chi connectivity index (χ0) is 13.9. The summed E-state index contributed by atoms with van der Waals surface area (Å²) >= 11 is 0. The van der Waals surface area contributed by atoms with E-state index in [9.17, 15) is 13.0 Å². The molecule has 1 rings (SSSR count). The van der Waals surface area contributed by atoms with Crippen molar-refractivity contribution < 1.29 is 13.0 Å². The second-order valence-electron chi connectivity index (χ2n) is 4.51. The highest BCUT2D eigenvalue weighted by Gasteiger charge is 2.27. The number of nitrogens with zero attached hydrogens (tertiary/aromatic N) is 1. The van der Waals surface area contributed by atoms with Gasteiger partial charge in [-0.25, -0.2) is 0 Å². The third-order valence-electron chi connectivity index (χ3n) is 2.92. The lowest BCUT2D eigenvalue weighted by Crippen LogP contribution is -2.40. The SMILES string of the molecule is CCC(N(CC)c1cc(C)cc(C)c1)S(=O)(=O)O. The van der Waals surface area contributed by atoms with Crippen LogP contribution >= 0.6 is 0 Å². The summed E-state index contributed by atoms with van der Waals surface area (Å²) in [5, 5.41) is -0.885. The molecule has 1 atom stereocenters. The van der Waals surface area contributed by atoms with Crippen molar-refractivity contribution in [2.45, 2.75) is 39.5 Å². The van der Waals surface area contributed by atoms with Crippen molar-refractivity contribution in [1.82, 2.24) is 0 Å². The van der Waals surface area contributed by atoms with Crippen LogP contribution in [0, 0.1) is 13.8 Å². The van der Waals surface area contributed by atoms with Crippen molar-refractivity contribution in [3.8, 4) is 0 Å². The van der Waals surface area contributed by atoms with Crippen LogP contribution in [0.3, 0.4) is 0 Å². The first-order valence-corrected chi connectivity index (χ1v) is 7.61. The van der Waals surface area contributed by atoms with Crippen molar-refractivity contribution in [2.24, 2.45) is 0 Å². The summed E-state index contributed by atoms with van der Waals surface area (Å²) in [6, 6.07) is 5.90. The van der Waals surface area contributed by atoms with Crippen LogP contribution in [0.1, 0.15) is 31.4 Å². The summed E-state index contributed by atoms with van der Waals surface area (Å²) in [6.07, 6.45) is 0.347. The van der Waals surface area contributed by atoms with Gasteiger partial charge in [0.1, 0.15) is 0 Å². The van der Waals surface area contributed by atoms with Gasteiger partial charge in [-0.05, 0) is 50.5 Å². The zero-order valence-electron chi connectivity index (χ0n) is 11.3. The molecule has 0 aliphatic heterocycles. The van der Waals surface area contributed by atoms with E-state index in [0.29, 0.717) is 13.0 Å². The van der Waals surface area contributed by atoms with Crippen LogP contribution in [0.5, 0.6) is 0 Å². The molecule has 4 nitrogen and oxygen atoms in total. The van der Waals surface area contributed by atoms with Crippen molar-refractivity contribution in [1.29, 1.82) is 0 Å². The van der Waals surface area contributed by atoms with Crippen molar-refractivity contribution in [2.75, 3.05) is 11.4 Å². The quantitative estimate of drug-likeness (QED) is 0.837. The molecule has 1 aromatic carbocycles. The number of hydrogen-bond acceptors (Lipinski definition) is 3. The first kappa shape index (κ1) is 15.0. The molecule has 0 aromatic heterocycles.